The Balaban J connectivity index is 0.00000106. The third-order valence-corrected chi connectivity index (χ3v) is 3.53. The summed E-state index contributed by atoms with van der Waals surface area (Å²) >= 11 is 0. The Morgan fingerprint density at radius 3 is 2.43 bits per heavy atom. The monoisotopic (exact) mass is 291 g/mol. The van der Waals surface area contributed by atoms with Crippen LogP contribution in [0.4, 0.5) is 5.69 Å². The van der Waals surface area contributed by atoms with Gasteiger partial charge >= 0.3 is 0 Å². The Morgan fingerprint density at radius 2 is 1.86 bits per heavy atom. The van der Waals surface area contributed by atoms with Crippen LogP contribution in [0.25, 0.3) is 0 Å². The van der Waals surface area contributed by atoms with E-state index in [1.54, 1.807) is 4.90 Å². The van der Waals surface area contributed by atoms with Crippen LogP contribution in [0.5, 0.6) is 0 Å². The molecule has 0 atom stereocenters. The molecule has 0 saturated carbocycles. The molecule has 1 saturated heterocycles. The van der Waals surface area contributed by atoms with Gasteiger partial charge in [-0.3, -0.25) is 4.79 Å². The van der Waals surface area contributed by atoms with E-state index >= 15 is 0 Å². The average Bonchev–Trinajstić information content (AvgIpc) is 2.50. The fraction of sp³-hybridized carbons (Fsp3) is 0.588. The van der Waals surface area contributed by atoms with E-state index in [2.05, 4.69) is 35.3 Å². The number of carbonyl (C=O) groups is 1. The summed E-state index contributed by atoms with van der Waals surface area (Å²) in [6.45, 7) is 10.1. The number of hydrogen-bond donors (Lipinski definition) is 1. The molecule has 1 aromatic carbocycles. The first-order chi connectivity index (χ1) is 10.1. The maximum absolute atomic E-state index is 12.0. The molecule has 4 nitrogen and oxygen atoms in total. The number of piperazine rings is 1. The molecule has 1 aliphatic rings. The van der Waals surface area contributed by atoms with E-state index in [9.17, 15) is 4.79 Å². The van der Waals surface area contributed by atoms with E-state index in [0.29, 0.717) is 6.42 Å². The van der Waals surface area contributed by atoms with Gasteiger partial charge < -0.3 is 15.1 Å². The molecule has 2 rings (SSSR count). The molecular formula is C17H29N3O. The van der Waals surface area contributed by atoms with Crippen molar-refractivity contribution >= 4 is 11.6 Å². The van der Waals surface area contributed by atoms with Gasteiger partial charge in [-0.1, -0.05) is 31.5 Å². The lowest BCUT2D eigenvalue weighted by Gasteiger charge is -2.31. The molecule has 1 heterocycles. The van der Waals surface area contributed by atoms with Crippen molar-refractivity contribution in [1.29, 1.82) is 0 Å². The van der Waals surface area contributed by atoms with Crippen LogP contribution in [0, 0.1) is 6.92 Å². The number of hydrogen-bond acceptors (Lipinski definition) is 3. The lowest BCUT2D eigenvalue weighted by molar-refractivity contribution is -0.127. The van der Waals surface area contributed by atoms with E-state index in [4.69, 9.17) is 0 Å². The van der Waals surface area contributed by atoms with Crippen molar-refractivity contribution in [2.24, 2.45) is 0 Å². The number of carbonyl (C=O) groups excluding carboxylic acids is 1. The molecule has 1 N–H and O–H groups in total. The third kappa shape index (κ3) is 5.05. The minimum absolute atomic E-state index is 0.155. The van der Waals surface area contributed by atoms with Gasteiger partial charge in [-0.25, -0.2) is 0 Å². The Labute approximate surface area is 129 Å². The summed E-state index contributed by atoms with van der Waals surface area (Å²) in [5.74, 6) is 0.155. The van der Waals surface area contributed by atoms with Gasteiger partial charge in [-0.15, -0.1) is 0 Å². The topological polar surface area (TPSA) is 35.6 Å². The second-order valence-electron chi connectivity index (χ2n) is 5.33. The molecular weight excluding hydrogens is 262 g/mol. The van der Waals surface area contributed by atoms with Crippen LogP contribution in [0.15, 0.2) is 18.2 Å². The van der Waals surface area contributed by atoms with E-state index < -0.39 is 0 Å². The Bertz CT molecular complexity index is 451. The van der Waals surface area contributed by atoms with Gasteiger partial charge in [-0.2, -0.15) is 0 Å². The summed E-state index contributed by atoms with van der Waals surface area (Å²) in [6.07, 6.45) is 0.480. The number of likely N-dealkylation sites (N-methyl/N-ethyl adjacent to an activating group) is 1. The number of nitrogens with one attached hydrogen (secondary N) is 1. The van der Waals surface area contributed by atoms with Crippen molar-refractivity contribution in [3.63, 3.8) is 0 Å². The van der Waals surface area contributed by atoms with Gasteiger partial charge in [0, 0.05) is 46.0 Å². The highest BCUT2D eigenvalue weighted by Gasteiger charge is 2.16. The van der Waals surface area contributed by atoms with E-state index in [1.807, 2.05) is 27.9 Å². The van der Waals surface area contributed by atoms with E-state index in [1.165, 1.54) is 11.3 Å². The fourth-order valence-corrected chi connectivity index (χ4v) is 2.39. The Hall–Kier alpha value is -1.55. The van der Waals surface area contributed by atoms with Crippen LogP contribution in [0.2, 0.25) is 0 Å². The minimum atomic E-state index is 0.155. The van der Waals surface area contributed by atoms with Crippen LogP contribution in [-0.4, -0.2) is 51.1 Å². The maximum Gasteiger partial charge on any atom is 0.226 e. The van der Waals surface area contributed by atoms with Crippen LogP contribution in [0.1, 0.15) is 25.0 Å². The standard InChI is InChI=1S/C15H23N3O.C2H6/c1-12-4-5-14(18-8-6-16-7-9-18)13(10-12)11-15(19)17(2)3;1-2/h4-5,10,16H,6-9,11H2,1-3H3;1-2H3. The van der Waals surface area contributed by atoms with Gasteiger partial charge in [0.05, 0.1) is 6.42 Å². The van der Waals surface area contributed by atoms with Crippen molar-refractivity contribution in [3.05, 3.63) is 29.3 Å². The van der Waals surface area contributed by atoms with Crippen molar-refractivity contribution in [3.8, 4) is 0 Å². The molecule has 0 aromatic heterocycles. The summed E-state index contributed by atoms with van der Waals surface area (Å²) < 4.78 is 0. The Morgan fingerprint density at radius 1 is 1.24 bits per heavy atom. The first-order valence-electron chi connectivity index (χ1n) is 7.83. The zero-order chi connectivity index (χ0) is 15.8. The van der Waals surface area contributed by atoms with Crippen molar-refractivity contribution in [2.45, 2.75) is 27.2 Å². The summed E-state index contributed by atoms with van der Waals surface area (Å²) in [6, 6.07) is 6.42. The summed E-state index contributed by atoms with van der Waals surface area (Å²) in [7, 11) is 3.62. The lowest BCUT2D eigenvalue weighted by Crippen LogP contribution is -2.44. The smallest absolute Gasteiger partial charge is 0.226 e. The SMILES string of the molecule is CC.Cc1ccc(N2CCNCC2)c(CC(=O)N(C)C)c1. The van der Waals surface area contributed by atoms with Crippen molar-refractivity contribution in [1.82, 2.24) is 10.2 Å². The summed E-state index contributed by atoms with van der Waals surface area (Å²) in [5, 5.41) is 3.36. The quantitative estimate of drug-likeness (QED) is 0.926. The normalized spacial score (nSPS) is 14.2. The number of anilines is 1. The molecule has 0 radical (unpaired) electrons. The highest BCUT2D eigenvalue weighted by Crippen LogP contribution is 2.23. The molecule has 0 bridgehead atoms. The van der Waals surface area contributed by atoms with E-state index in [0.717, 1.165) is 31.7 Å². The second-order valence-corrected chi connectivity index (χ2v) is 5.33. The molecule has 1 aromatic rings. The van der Waals surface area contributed by atoms with Gasteiger partial charge in [0.2, 0.25) is 5.91 Å². The highest BCUT2D eigenvalue weighted by atomic mass is 16.2. The van der Waals surface area contributed by atoms with Crippen LogP contribution in [-0.2, 0) is 11.2 Å². The number of benzene rings is 1. The maximum atomic E-state index is 12.0. The van der Waals surface area contributed by atoms with Crippen LogP contribution >= 0.6 is 0 Å². The van der Waals surface area contributed by atoms with Gasteiger partial charge in [0.25, 0.3) is 0 Å². The first-order valence-corrected chi connectivity index (χ1v) is 7.83. The summed E-state index contributed by atoms with van der Waals surface area (Å²) in [4.78, 5) is 16.0. The molecule has 0 unspecified atom stereocenters. The number of rotatable bonds is 3. The minimum Gasteiger partial charge on any atom is -0.369 e. The predicted octanol–water partition coefficient (Wildman–Crippen LogP) is 2.06. The molecule has 1 fully saturated rings. The van der Waals surface area contributed by atoms with E-state index in [-0.39, 0.29) is 5.91 Å². The molecule has 4 heteroatoms. The summed E-state index contributed by atoms with van der Waals surface area (Å²) in [5.41, 5.74) is 3.56. The zero-order valence-corrected chi connectivity index (χ0v) is 14.1. The molecule has 1 amide bonds. The Kier molecular flexibility index (Phi) is 7.23. The van der Waals surface area contributed by atoms with Gasteiger partial charge in [0.1, 0.15) is 0 Å². The van der Waals surface area contributed by atoms with Crippen LogP contribution < -0.4 is 10.2 Å². The fourth-order valence-electron chi connectivity index (χ4n) is 2.39. The second kappa shape index (κ2) is 8.67. The number of amides is 1. The molecule has 0 aliphatic carbocycles. The molecule has 118 valence electrons. The zero-order valence-electron chi connectivity index (χ0n) is 14.1. The average molecular weight is 291 g/mol. The molecule has 0 spiro atoms. The van der Waals surface area contributed by atoms with Gasteiger partial charge in [-0.05, 0) is 18.6 Å². The first kappa shape index (κ1) is 17.5. The predicted molar refractivity (Wildman–Crippen MR) is 90.0 cm³/mol. The lowest BCUT2D eigenvalue weighted by atomic mass is 10.0. The van der Waals surface area contributed by atoms with Gasteiger partial charge in [0.15, 0.2) is 0 Å². The number of aryl methyl sites for hydroxylation is 1. The van der Waals surface area contributed by atoms with Crippen LogP contribution in [0.3, 0.4) is 0 Å². The largest absolute Gasteiger partial charge is 0.369 e. The van der Waals surface area contributed by atoms with Crippen molar-refractivity contribution in [2.75, 3.05) is 45.2 Å². The number of nitrogens with zero attached hydrogens (tertiary/aromatic N) is 2. The molecule has 21 heavy (non-hydrogen) atoms. The van der Waals surface area contributed by atoms with Crippen molar-refractivity contribution < 1.29 is 4.79 Å². The highest BCUT2D eigenvalue weighted by molar-refractivity contribution is 5.80. The molecule has 1 aliphatic heterocycles. The third-order valence-electron chi connectivity index (χ3n) is 3.53.